The van der Waals surface area contributed by atoms with Crippen LogP contribution in [0.2, 0.25) is 0 Å². The van der Waals surface area contributed by atoms with Crippen LogP contribution in [-0.2, 0) is 22.0 Å². The Labute approximate surface area is 256 Å². The number of rotatable bonds is 7. The highest BCUT2D eigenvalue weighted by Crippen LogP contribution is 2.28. The SMILES string of the molecule is C=CC=O.CC(C)n1cnc2c(Nc3cn[nH]c3)nc(N3CCCC3)nc21.CN.O=S1CCC(Cc2ccccc2)CC1. The Bertz CT molecular complexity index is 1390. The maximum absolute atomic E-state index is 11.2. The largest absolute Gasteiger partial charge is 0.341 e. The van der Waals surface area contributed by atoms with E-state index < -0.39 is 10.8 Å². The van der Waals surface area contributed by atoms with Crippen molar-refractivity contribution in [2.45, 2.75) is 52.0 Å². The van der Waals surface area contributed by atoms with E-state index >= 15 is 0 Å². The van der Waals surface area contributed by atoms with Crippen LogP contribution in [0.3, 0.4) is 0 Å². The van der Waals surface area contributed by atoms with E-state index in [-0.39, 0.29) is 0 Å². The quantitative estimate of drug-likeness (QED) is 0.199. The summed E-state index contributed by atoms with van der Waals surface area (Å²) in [7, 11) is 0.981. The first-order chi connectivity index (χ1) is 21.0. The number of aromatic nitrogens is 6. The highest BCUT2D eigenvalue weighted by molar-refractivity contribution is 7.85. The zero-order valence-electron chi connectivity index (χ0n) is 25.5. The predicted octanol–water partition coefficient (Wildman–Crippen LogP) is 4.81. The third-order valence-corrected chi connectivity index (χ3v) is 8.47. The highest BCUT2D eigenvalue weighted by atomic mass is 32.2. The fourth-order valence-corrected chi connectivity index (χ4v) is 6.28. The van der Waals surface area contributed by atoms with Crippen LogP contribution in [-0.4, -0.2) is 71.9 Å². The van der Waals surface area contributed by atoms with E-state index in [4.69, 9.17) is 14.8 Å². The number of hydrogen-bond acceptors (Lipinski definition) is 9. The molecule has 1 aromatic carbocycles. The summed E-state index contributed by atoms with van der Waals surface area (Å²) in [5, 5.41) is 10.1. The minimum absolute atomic E-state index is 0.295. The Morgan fingerprint density at radius 1 is 1.14 bits per heavy atom. The number of carbonyl (C=O) groups is 1. The smallest absolute Gasteiger partial charge is 0.229 e. The van der Waals surface area contributed by atoms with Gasteiger partial charge in [-0.3, -0.25) is 14.1 Å². The lowest BCUT2D eigenvalue weighted by molar-refractivity contribution is -0.104. The third-order valence-electron chi connectivity index (χ3n) is 7.09. The van der Waals surface area contributed by atoms with Crippen molar-refractivity contribution < 1.29 is 9.00 Å². The van der Waals surface area contributed by atoms with Crippen molar-refractivity contribution in [1.82, 2.24) is 29.7 Å². The number of nitrogens with one attached hydrogen (secondary N) is 2. The number of aromatic amines is 1. The van der Waals surface area contributed by atoms with Crippen LogP contribution >= 0.6 is 0 Å². The zero-order valence-corrected chi connectivity index (χ0v) is 26.3. The lowest BCUT2D eigenvalue weighted by Gasteiger charge is -2.21. The highest BCUT2D eigenvalue weighted by Gasteiger charge is 2.21. The number of fused-ring (bicyclic) bond motifs is 1. The fourth-order valence-electron chi connectivity index (χ4n) is 4.88. The van der Waals surface area contributed by atoms with Gasteiger partial charge in [-0.15, -0.1) is 0 Å². The first-order valence-corrected chi connectivity index (χ1v) is 16.3. The molecule has 0 spiro atoms. The number of nitrogens with two attached hydrogens (primary N) is 1. The van der Waals surface area contributed by atoms with Gasteiger partial charge in [-0.2, -0.15) is 15.1 Å². The average Bonchev–Trinajstić information content (AvgIpc) is 3.83. The van der Waals surface area contributed by atoms with E-state index in [1.807, 2.05) is 6.33 Å². The summed E-state index contributed by atoms with van der Waals surface area (Å²) < 4.78 is 13.3. The molecule has 0 saturated carbocycles. The van der Waals surface area contributed by atoms with Crippen LogP contribution in [0.1, 0.15) is 51.1 Å². The number of H-pyrrole nitrogens is 1. The van der Waals surface area contributed by atoms with Gasteiger partial charge in [-0.25, -0.2) is 4.98 Å². The van der Waals surface area contributed by atoms with Crippen LogP contribution < -0.4 is 16.0 Å². The topological polar surface area (TPSA) is 148 Å². The molecular weight excluding hydrogens is 562 g/mol. The van der Waals surface area contributed by atoms with E-state index in [2.05, 4.69) is 86.5 Å². The Morgan fingerprint density at radius 3 is 2.40 bits per heavy atom. The van der Waals surface area contributed by atoms with Gasteiger partial charge >= 0.3 is 0 Å². The molecule has 232 valence electrons. The minimum atomic E-state index is -0.519. The molecule has 0 bridgehead atoms. The summed E-state index contributed by atoms with van der Waals surface area (Å²) >= 11 is 0. The van der Waals surface area contributed by atoms with Gasteiger partial charge in [-0.1, -0.05) is 36.9 Å². The van der Waals surface area contributed by atoms with Crippen LogP contribution in [0, 0.1) is 5.92 Å². The molecule has 0 atom stereocenters. The molecule has 4 N–H and O–H groups in total. The lowest BCUT2D eigenvalue weighted by Crippen LogP contribution is -2.21. The van der Waals surface area contributed by atoms with Gasteiger partial charge in [0.25, 0.3) is 0 Å². The molecule has 0 unspecified atom stereocenters. The summed E-state index contributed by atoms with van der Waals surface area (Å²) in [6, 6.07) is 10.9. The van der Waals surface area contributed by atoms with E-state index in [1.165, 1.54) is 31.5 Å². The molecule has 0 aliphatic carbocycles. The van der Waals surface area contributed by atoms with Gasteiger partial charge in [0, 0.05) is 47.6 Å². The van der Waals surface area contributed by atoms with Crippen molar-refractivity contribution in [2.75, 3.05) is 41.9 Å². The van der Waals surface area contributed by atoms with Crippen molar-refractivity contribution in [1.29, 1.82) is 0 Å². The van der Waals surface area contributed by atoms with Gasteiger partial charge in [0.2, 0.25) is 5.95 Å². The molecule has 2 aliphatic heterocycles. The third kappa shape index (κ3) is 10.1. The van der Waals surface area contributed by atoms with Crippen LogP contribution in [0.15, 0.2) is 61.7 Å². The second-order valence-electron chi connectivity index (χ2n) is 10.4. The van der Waals surface area contributed by atoms with Crippen LogP contribution in [0.5, 0.6) is 0 Å². The Morgan fingerprint density at radius 2 is 1.81 bits per heavy atom. The normalized spacial score (nSPS) is 17.6. The molecule has 2 saturated heterocycles. The van der Waals surface area contributed by atoms with Gasteiger partial charge in [0.1, 0.15) is 6.29 Å². The fraction of sp³-hybridized carbons (Fsp3) is 0.452. The predicted molar refractivity (Wildman–Crippen MR) is 176 cm³/mol. The Balaban J connectivity index is 0.000000216. The molecular formula is C31H45N9O2S. The number of carbonyl (C=O) groups excluding carboxylic acids is 1. The summed E-state index contributed by atoms with van der Waals surface area (Å²) in [5.41, 5.74) is 8.42. The van der Waals surface area contributed by atoms with Crippen molar-refractivity contribution in [3.63, 3.8) is 0 Å². The van der Waals surface area contributed by atoms with Gasteiger partial charge in [0.05, 0.1) is 18.2 Å². The van der Waals surface area contributed by atoms with E-state index in [1.54, 1.807) is 12.4 Å². The number of benzene rings is 1. The summed E-state index contributed by atoms with van der Waals surface area (Å²) in [6.07, 6.45) is 13.0. The number of imidazole rings is 1. The van der Waals surface area contributed by atoms with Crippen LogP contribution in [0.4, 0.5) is 17.5 Å². The zero-order chi connectivity index (χ0) is 31.0. The van der Waals surface area contributed by atoms with Crippen molar-refractivity contribution >= 4 is 45.7 Å². The standard InChI is InChI=1S/C15H20N8.C12H16OS.C3H4O.CH5N/c1-10(2)23-9-16-12-13(19-11-7-17-18-8-11)20-15(21-14(12)23)22-5-3-4-6-22;13-14-8-6-12(7-9-14)10-11-4-2-1-3-5-11;1-2-3-4;1-2/h7-10H,3-6H2,1-2H3,(H,17,18)(H,19,20,21);1-5,12H,6-10H2;2-3H,1H2;2H2,1H3. The number of anilines is 3. The maximum Gasteiger partial charge on any atom is 0.229 e. The van der Waals surface area contributed by atoms with E-state index in [0.29, 0.717) is 12.3 Å². The Hall–Kier alpha value is -3.90. The second-order valence-corrected chi connectivity index (χ2v) is 12.1. The molecule has 2 fully saturated rings. The summed E-state index contributed by atoms with van der Waals surface area (Å²) in [6.45, 7) is 9.38. The molecule has 4 aromatic rings. The summed E-state index contributed by atoms with van der Waals surface area (Å²) in [5.74, 6) is 4.07. The molecule has 3 aromatic heterocycles. The van der Waals surface area contributed by atoms with Gasteiger partial charge in [-0.05, 0) is 70.6 Å². The molecule has 0 radical (unpaired) electrons. The average molecular weight is 608 g/mol. The van der Waals surface area contributed by atoms with E-state index in [9.17, 15) is 4.21 Å². The number of allylic oxidation sites excluding steroid dienone is 1. The Kier molecular flexibility index (Phi) is 14.0. The molecule has 12 heteroatoms. The van der Waals surface area contributed by atoms with Crippen molar-refractivity contribution in [3.8, 4) is 0 Å². The second kappa shape index (κ2) is 17.9. The van der Waals surface area contributed by atoms with Gasteiger partial charge < -0.3 is 20.5 Å². The number of aldehydes is 1. The van der Waals surface area contributed by atoms with E-state index in [0.717, 1.165) is 78.4 Å². The van der Waals surface area contributed by atoms with Crippen molar-refractivity contribution in [2.24, 2.45) is 11.7 Å². The molecule has 6 rings (SSSR count). The maximum atomic E-state index is 11.2. The molecule has 43 heavy (non-hydrogen) atoms. The molecule has 0 amide bonds. The summed E-state index contributed by atoms with van der Waals surface area (Å²) in [4.78, 5) is 25.3. The molecule has 2 aliphatic rings. The first-order valence-electron chi connectivity index (χ1n) is 14.8. The minimum Gasteiger partial charge on any atom is -0.341 e. The number of nitrogens with zero attached hydrogens (tertiary/aromatic N) is 6. The van der Waals surface area contributed by atoms with Crippen LogP contribution in [0.25, 0.3) is 11.2 Å². The van der Waals surface area contributed by atoms with Crippen molar-refractivity contribution in [3.05, 3.63) is 67.3 Å². The van der Waals surface area contributed by atoms with Gasteiger partial charge in [0.15, 0.2) is 17.0 Å². The first kappa shape index (κ1) is 33.6. The number of hydrogen-bond donors (Lipinski definition) is 3. The monoisotopic (exact) mass is 607 g/mol. The lowest BCUT2D eigenvalue weighted by atomic mass is 9.94. The molecule has 5 heterocycles. The molecule has 11 nitrogen and oxygen atoms in total.